The summed E-state index contributed by atoms with van der Waals surface area (Å²) in [5, 5.41) is 2.46. The van der Waals surface area contributed by atoms with Crippen LogP contribution in [-0.4, -0.2) is 34.8 Å². The highest BCUT2D eigenvalue weighted by molar-refractivity contribution is 7.14. The first-order chi connectivity index (χ1) is 13.5. The van der Waals surface area contributed by atoms with Crippen LogP contribution in [0.3, 0.4) is 0 Å². The van der Waals surface area contributed by atoms with Gasteiger partial charge in [-0.15, -0.1) is 11.3 Å². The molecule has 3 rings (SSSR count). The van der Waals surface area contributed by atoms with E-state index in [0.717, 1.165) is 24.4 Å². The van der Waals surface area contributed by atoms with Crippen molar-refractivity contribution < 1.29 is 9.59 Å². The van der Waals surface area contributed by atoms with Crippen molar-refractivity contribution in [1.82, 2.24) is 9.88 Å². The first-order valence-electron chi connectivity index (χ1n) is 9.72. The van der Waals surface area contributed by atoms with Crippen molar-refractivity contribution in [2.45, 2.75) is 45.6 Å². The highest BCUT2D eigenvalue weighted by atomic mass is 32.1. The van der Waals surface area contributed by atoms with E-state index in [2.05, 4.69) is 11.9 Å². The molecule has 0 bridgehead atoms. The van der Waals surface area contributed by atoms with Gasteiger partial charge >= 0.3 is 0 Å². The lowest BCUT2D eigenvalue weighted by Gasteiger charge is -2.33. The van der Waals surface area contributed by atoms with Crippen LogP contribution in [0.1, 0.15) is 45.2 Å². The third kappa shape index (κ3) is 4.87. The molecule has 1 aromatic carbocycles. The van der Waals surface area contributed by atoms with Crippen LogP contribution in [0.4, 0.5) is 10.8 Å². The Balaban J connectivity index is 1.68. The normalized spacial score (nSPS) is 19.5. The molecule has 1 heterocycles. The number of amides is 2. The summed E-state index contributed by atoms with van der Waals surface area (Å²) in [6.07, 6.45) is 7.82. The van der Waals surface area contributed by atoms with E-state index in [1.807, 2.05) is 47.7 Å². The molecule has 0 N–H and O–H groups in total. The highest BCUT2D eigenvalue weighted by Crippen LogP contribution is 2.29. The molecule has 2 aromatic rings. The van der Waals surface area contributed by atoms with E-state index in [4.69, 9.17) is 0 Å². The fourth-order valence-electron chi connectivity index (χ4n) is 3.54. The molecular weight excluding hydrogens is 370 g/mol. The minimum Gasteiger partial charge on any atom is -0.339 e. The van der Waals surface area contributed by atoms with Gasteiger partial charge < -0.3 is 4.90 Å². The highest BCUT2D eigenvalue weighted by Gasteiger charge is 2.23. The molecule has 28 heavy (non-hydrogen) atoms. The van der Waals surface area contributed by atoms with Crippen molar-refractivity contribution in [3.63, 3.8) is 0 Å². The van der Waals surface area contributed by atoms with Gasteiger partial charge in [-0.05, 0) is 49.8 Å². The molecule has 0 spiro atoms. The number of anilines is 2. The van der Waals surface area contributed by atoms with E-state index < -0.39 is 0 Å². The van der Waals surface area contributed by atoms with Crippen molar-refractivity contribution in [2.24, 2.45) is 5.92 Å². The minimum absolute atomic E-state index is 0.000543. The zero-order valence-electron chi connectivity index (χ0n) is 16.7. The summed E-state index contributed by atoms with van der Waals surface area (Å²) < 4.78 is 0. The second kappa shape index (κ2) is 9.15. The molecule has 0 saturated heterocycles. The van der Waals surface area contributed by atoms with Crippen LogP contribution in [0.5, 0.6) is 0 Å². The average Bonchev–Trinajstić information content (AvgIpc) is 3.15. The van der Waals surface area contributed by atoms with Crippen molar-refractivity contribution in [3.05, 3.63) is 47.5 Å². The van der Waals surface area contributed by atoms with E-state index in [9.17, 15) is 9.59 Å². The summed E-state index contributed by atoms with van der Waals surface area (Å²) in [6, 6.07) is 9.77. The zero-order chi connectivity index (χ0) is 20.1. The number of para-hydroxylation sites is 1. The Kier molecular flexibility index (Phi) is 6.62. The summed E-state index contributed by atoms with van der Waals surface area (Å²) in [4.78, 5) is 32.6. The molecule has 1 aliphatic rings. The molecule has 0 radical (unpaired) electrons. The van der Waals surface area contributed by atoms with Gasteiger partial charge in [-0.2, -0.15) is 0 Å². The molecule has 6 heteroatoms. The maximum absolute atomic E-state index is 12.5. The van der Waals surface area contributed by atoms with E-state index in [1.54, 1.807) is 17.1 Å². The van der Waals surface area contributed by atoms with Gasteiger partial charge in [-0.3, -0.25) is 14.5 Å². The topological polar surface area (TPSA) is 53.5 Å². The molecule has 0 aliphatic heterocycles. The van der Waals surface area contributed by atoms with Crippen molar-refractivity contribution >= 4 is 40.0 Å². The van der Waals surface area contributed by atoms with Crippen LogP contribution in [0.2, 0.25) is 0 Å². The van der Waals surface area contributed by atoms with Crippen LogP contribution < -0.4 is 4.90 Å². The van der Waals surface area contributed by atoms with Crippen molar-refractivity contribution in [3.8, 4) is 0 Å². The number of carbonyl (C=O) groups is 2. The molecule has 0 atom stereocenters. The lowest BCUT2D eigenvalue weighted by molar-refractivity contribution is -0.127. The summed E-state index contributed by atoms with van der Waals surface area (Å²) in [7, 11) is 1.88. The lowest BCUT2D eigenvalue weighted by atomic mass is 9.87. The summed E-state index contributed by atoms with van der Waals surface area (Å²) in [5.74, 6) is 0.663. The van der Waals surface area contributed by atoms with E-state index in [1.165, 1.54) is 31.1 Å². The summed E-state index contributed by atoms with van der Waals surface area (Å²) >= 11 is 1.39. The third-order valence-corrected chi connectivity index (χ3v) is 6.15. The maximum Gasteiger partial charge on any atom is 0.246 e. The van der Waals surface area contributed by atoms with E-state index in [-0.39, 0.29) is 11.8 Å². The van der Waals surface area contributed by atoms with Crippen LogP contribution in [0, 0.1) is 5.92 Å². The number of thiazole rings is 1. The van der Waals surface area contributed by atoms with Gasteiger partial charge in [0, 0.05) is 31.5 Å². The number of hydrogen-bond donors (Lipinski definition) is 0. The van der Waals surface area contributed by atoms with E-state index >= 15 is 0 Å². The number of hydrogen-bond acceptors (Lipinski definition) is 4. The third-order valence-electron chi connectivity index (χ3n) is 5.31. The zero-order valence-corrected chi connectivity index (χ0v) is 17.5. The fourth-order valence-corrected chi connectivity index (χ4v) is 4.40. The number of nitrogens with zero attached hydrogens (tertiary/aromatic N) is 3. The molecule has 148 valence electrons. The van der Waals surface area contributed by atoms with Gasteiger partial charge in [0.05, 0.1) is 11.4 Å². The number of aromatic nitrogens is 1. The largest absolute Gasteiger partial charge is 0.339 e. The van der Waals surface area contributed by atoms with Gasteiger partial charge in [0.2, 0.25) is 11.8 Å². The summed E-state index contributed by atoms with van der Waals surface area (Å²) in [5.41, 5.74) is 1.46. The average molecular weight is 398 g/mol. The first kappa shape index (κ1) is 20.3. The SMILES string of the molecule is CC(=O)N(c1ccccc1)c1nc(/C=C/C(=O)N(C)C2CCC(C)CC2)cs1. The van der Waals surface area contributed by atoms with Gasteiger partial charge in [-0.25, -0.2) is 4.98 Å². The number of rotatable bonds is 5. The maximum atomic E-state index is 12.5. The molecule has 1 aliphatic carbocycles. The van der Waals surface area contributed by atoms with Crippen molar-refractivity contribution in [1.29, 1.82) is 0 Å². The smallest absolute Gasteiger partial charge is 0.246 e. The molecule has 1 aromatic heterocycles. The Morgan fingerprint density at radius 3 is 2.46 bits per heavy atom. The summed E-state index contributed by atoms with van der Waals surface area (Å²) in [6.45, 7) is 3.80. The molecule has 1 fully saturated rings. The molecule has 5 nitrogen and oxygen atoms in total. The Morgan fingerprint density at radius 1 is 1.14 bits per heavy atom. The number of benzene rings is 1. The second-order valence-electron chi connectivity index (χ2n) is 7.44. The number of carbonyl (C=O) groups excluding carboxylic acids is 2. The monoisotopic (exact) mass is 397 g/mol. The van der Waals surface area contributed by atoms with Gasteiger partial charge in [0.1, 0.15) is 0 Å². The second-order valence-corrected chi connectivity index (χ2v) is 8.28. The van der Waals surface area contributed by atoms with Gasteiger partial charge in [0.25, 0.3) is 0 Å². The van der Waals surface area contributed by atoms with Crippen LogP contribution in [0.25, 0.3) is 6.08 Å². The Hall–Kier alpha value is -2.47. The van der Waals surface area contributed by atoms with Crippen LogP contribution in [0.15, 0.2) is 41.8 Å². The van der Waals surface area contributed by atoms with Crippen LogP contribution in [-0.2, 0) is 9.59 Å². The standard InChI is InChI=1S/C22H27N3O2S/c1-16-9-12-19(13-10-16)24(3)21(27)14-11-18-15-28-22(23-18)25(17(2)26)20-7-5-4-6-8-20/h4-8,11,14-16,19H,9-10,12-13H2,1-3H3/b14-11+. The Labute approximate surface area is 170 Å². The lowest BCUT2D eigenvalue weighted by Crippen LogP contribution is -2.38. The molecular formula is C22H27N3O2S. The Bertz CT molecular complexity index is 838. The molecule has 2 amide bonds. The number of likely N-dealkylation sites (N-methyl/N-ethyl adjacent to an activating group) is 1. The van der Waals surface area contributed by atoms with Crippen LogP contribution >= 0.6 is 11.3 Å². The fraction of sp³-hybridized carbons (Fsp3) is 0.409. The molecule has 1 saturated carbocycles. The van der Waals surface area contributed by atoms with Gasteiger partial charge in [0.15, 0.2) is 5.13 Å². The van der Waals surface area contributed by atoms with Gasteiger partial charge in [-0.1, -0.05) is 25.1 Å². The molecule has 0 unspecified atom stereocenters. The minimum atomic E-state index is -0.0987. The Morgan fingerprint density at radius 2 is 1.82 bits per heavy atom. The van der Waals surface area contributed by atoms with E-state index in [0.29, 0.717) is 16.9 Å². The predicted octanol–water partition coefficient (Wildman–Crippen LogP) is 4.88. The van der Waals surface area contributed by atoms with Crippen molar-refractivity contribution in [2.75, 3.05) is 11.9 Å². The predicted molar refractivity (Wildman–Crippen MR) is 115 cm³/mol. The quantitative estimate of drug-likeness (QED) is 0.676. The first-order valence-corrected chi connectivity index (χ1v) is 10.6.